The van der Waals surface area contributed by atoms with E-state index in [4.69, 9.17) is 9.84 Å². The summed E-state index contributed by atoms with van der Waals surface area (Å²) in [5.41, 5.74) is 0.115. The van der Waals surface area contributed by atoms with Crippen LogP contribution in [0, 0.1) is 0 Å². The van der Waals surface area contributed by atoms with Gasteiger partial charge in [0.1, 0.15) is 11.5 Å². The number of benzene rings is 1. The van der Waals surface area contributed by atoms with Crippen molar-refractivity contribution in [2.24, 2.45) is 0 Å². The standard InChI is InChI=1S/C12H15NO5/c1-13(6-5-11(15)16)12(17)9-4-3-8(18-2)7-10(9)14/h3-4,7,14H,5-6H2,1-2H3,(H,15,16). The van der Waals surface area contributed by atoms with Crippen molar-refractivity contribution in [3.63, 3.8) is 0 Å². The Kier molecular flexibility index (Phi) is 4.53. The van der Waals surface area contributed by atoms with E-state index in [1.54, 1.807) is 6.07 Å². The molecule has 1 rings (SSSR count). The number of aliphatic carboxylic acids is 1. The summed E-state index contributed by atoms with van der Waals surface area (Å²) >= 11 is 0. The number of carbonyl (C=O) groups is 2. The summed E-state index contributed by atoms with van der Waals surface area (Å²) in [5.74, 6) is -1.16. The van der Waals surface area contributed by atoms with Crippen LogP contribution in [0.1, 0.15) is 16.8 Å². The van der Waals surface area contributed by atoms with Crippen LogP contribution in [-0.2, 0) is 4.79 Å². The number of phenolic OH excluding ortho intramolecular Hbond substituents is 1. The largest absolute Gasteiger partial charge is 0.507 e. The molecule has 0 atom stereocenters. The quantitative estimate of drug-likeness (QED) is 0.815. The van der Waals surface area contributed by atoms with Crippen molar-refractivity contribution in [2.75, 3.05) is 20.7 Å². The second-order valence-electron chi connectivity index (χ2n) is 3.75. The van der Waals surface area contributed by atoms with Gasteiger partial charge in [0, 0.05) is 19.7 Å². The summed E-state index contributed by atoms with van der Waals surface area (Å²) < 4.78 is 4.91. The van der Waals surface area contributed by atoms with E-state index >= 15 is 0 Å². The minimum absolute atomic E-state index is 0.0830. The number of phenols is 1. The molecule has 0 aliphatic rings. The highest BCUT2D eigenvalue weighted by Gasteiger charge is 2.16. The third-order valence-electron chi connectivity index (χ3n) is 2.44. The number of aromatic hydroxyl groups is 1. The average molecular weight is 253 g/mol. The Balaban J connectivity index is 2.80. The van der Waals surface area contributed by atoms with Gasteiger partial charge in [-0.15, -0.1) is 0 Å². The van der Waals surface area contributed by atoms with Crippen molar-refractivity contribution in [3.8, 4) is 11.5 Å². The Hall–Kier alpha value is -2.24. The van der Waals surface area contributed by atoms with Crippen LogP contribution >= 0.6 is 0 Å². The van der Waals surface area contributed by atoms with E-state index in [0.717, 1.165) is 0 Å². The summed E-state index contributed by atoms with van der Waals surface area (Å²) in [6, 6.07) is 4.32. The molecule has 0 aliphatic heterocycles. The first kappa shape index (κ1) is 13.8. The van der Waals surface area contributed by atoms with Gasteiger partial charge in [0.25, 0.3) is 5.91 Å². The lowest BCUT2D eigenvalue weighted by Crippen LogP contribution is -2.29. The molecule has 2 N–H and O–H groups in total. The number of methoxy groups -OCH3 is 1. The number of carboxylic acids is 1. The second-order valence-corrected chi connectivity index (χ2v) is 3.75. The van der Waals surface area contributed by atoms with Crippen molar-refractivity contribution in [1.29, 1.82) is 0 Å². The minimum Gasteiger partial charge on any atom is -0.507 e. The number of hydrogen-bond donors (Lipinski definition) is 2. The van der Waals surface area contributed by atoms with Gasteiger partial charge in [0.15, 0.2) is 0 Å². The van der Waals surface area contributed by atoms with Crippen LogP contribution in [0.3, 0.4) is 0 Å². The SMILES string of the molecule is COc1ccc(C(=O)N(C)CCC(=O)O)c(O)c1. The van der Waals surface area contributed by atoms with Gasteiger partial charge < -0.3 is 19.8 Å². The lowest BCUT2D eigenvalue weighted by atomic mass is 10.1. The summed E-state index contributed by atoms with van der Waals surface area (Å²) in [6.45, 7) is 0.0830. The zero-order valence-electron chi connectivity index (χ0n) is 10.2. The minimum atomic E-state index is -0.978. The van der Waals surface area contributed by atoms with Crippen molar-refractivity contribution < 1.29 is 24.5 Å². The smallest absolute Gasteiger partial charge is 0.305 e. The van der Waals surface area contributed by atoms with Gasteiger partial charge in [-0.25, -0.2) is 0 Å². The van der Waals surface area contributed by atoms with E-state index in [2.05, 4.69) is 0 Å². The first-order valence-electron chi connectivity index (χ1n) is 5.30. The predicted octanol–water partition coefficient (Wildman–Crippen LogP) is 0.947. The molecular weight excluding hydrogens is 238 g/mol. The number of carboxylic acid groups (broad SMARTS) is 1. The average Bonchev–Trinajstić information content (AvgIpc) is 2.34. The third kappa shape index (κ3) is 3.38. The molecule has 1 aromatic rings. The molecule has 6 nitrogen and oxygen atoms in total. The van der Waals surface area contributed by atoms with Gasteiger partial charge in [-0.3, -0.25) is 9.59 Å². The number of carbonyl (C=O) groups excluding carboxylic acids is 1. The monoisotopic (exact) mass is 253 g/mol. The Labute approximate surface area is 104 Å². The van der Waals surface area contributed by atoms with Crippen molar-refractivity contribution in [1.82, 2.24) is 4.90 Å². The van der Waals surface area contributed by atoms with Gasteiger partial charge in [-0.2, -0.15) is 0 Å². The number of rotatable bonds is 5. The maximum Gasteiger partial charge on any atom is 0.305 e. The Morgan fingerprint density at radius 2 is 2.06 bits per heavy atom. The van der Waals surface area contributed by atoms with E-state index in [1.807, 2.05) is 0 Å². The third-order valence-corrected chi connectivity index (χ3v) is 2.44. The number of ether oxygens (including phenoxy) is 1. The molecule has 98 valence electrons. The molecule has 0 radical (unpaired) electrons. The number of hydrogen-bond acceptors (Lipinski definition) is 4. The predicted molar refractivity (Wildman–Crippen MR) is 63.9 cm³/mol. The maximum absolute atomic E-state index is 11.9. The molecule has 0 saturated heterocycles. The van der Waals surface area contributed by atoms with E-state index < -0.39 is 11.9 Å². The van der Waals surface area contributed by atoms with Gasteiger partial charge in [0.2, 0.25) is 0 Å². The van der Waals surface area contributed by atoms with Crippen LogP contribution < -0.4 is 4.74 Å². The Morgan fingerprint density at radius 1 is 1.39 bits per heavy atom. The van der Waals surface area contributed by atoms with Crippen molar-refractivity contribution in [3.05, 3.63) is 23.8 Å². The van der Waals surface area contributed by atoms with Crippen molar-refractivity contribution >= 4 is 11.9 Å². The fraction of sp³-hybridized carbons (Fsp3) is 0.333. The van der Waals surface area contributed by atoms with Crippen molar-refractivity contribution in [2.45, 2.75) is 6.42 Å². The fourth-order valence-corrected chi connectivity index (χ4v) is 1.39. The lowest BCUT2D eigenvalue weighted by molar-refractivity contribution is -0.137. The molecule has 18 heavy (non-hydrogen) atoms. The molecule has 0 aliphatic carbocycles. The normalized spacial score (nSPS) is 9.89. The summed E-state index contributed by atoms with van der Waals surface area (Å²) in [6.07, 6.45) is -0.140. The highest BCUT2D eigenvalue weighted by atomic mass is 16.5. The zero-order valence-corrected chi connectivity index (χ0v) is 10.2. The topological polar surface area (TPSA) is 87.1 Å². The summed E-state index contributed by atoms with van der Waals surface area (Å²) in [4.78, 5) is 23.6. The molecule has 0 spiro atoms. The van der Waals surface area contributed by atoms with E-state index in [9.17, 15) is 14.7 Å². The Bertz CT molecular complexity index is 458. The van der Waals surface area contributed by atoms with E-state index in [0.29, 0.717) is 5.75 Å². The first-order valence-corrected chi connectivity index (χ1v) is 5.30. The van der Waals surface area contributed by atoms with Crippen LogP contribution in [0.25, 0.3) is 0 Å². The molecule has 0 heterocycles. The Morgan fingerprint density at radius 3 is 2.56 bits per heavy atom. The van der Waals surface area contributed by atoms with Gasteiger partial charge >= 0.3 is 5.97 Å². The zero-order chi connectivity index (χ0) is 13.7. The highest BCUT2D eigenvalue weighted by molar-refractivity contribution is 5.97. The molecule has 0 bridgehead atoms. The summed E-state index contributed by atoms with van der Waals surface area (Å²) in [5, 5.41) is 18.2. The van der Waals surface area contributed by atoms with Crippen LogP contribution in [0.15, 0.2) is 18.2 Å². The van der Waals surface area contributed by atoms with Gasteiger partial charge in [-0.1, -0.05) is 0 Å². The number of amides is 1. The van der Waals surface area contributed by atoms with Crippen LogP contribution in [0.4, 0.5) is 0 Å². The van der Waals surface area contributed by atoms with Crippen LogP contribution in [0.2, 0.25) is 0 Å². The first-order chi connectivity index (χ1) is 8.45. The fourth-order valence-electron chi connectivity index (χ4n) is 1.39. The van der Waals surface area contributed by atoms with Gasteiger partial charge in [0.05, 0.1) is 19.1 Å². The molecule has 0 aromatic heterocycles. The summed E-state index contributed by atoms with van der Waals surface area (Å²) in [7, 11) is 2.93. The van der Waals surface area contributed by atoms with Crippen LogP contribution in [-0.4, -0.2) is 47.7 Å². The molecule has 0 unspecified atom stereocenters. The van der Waals surface area contributed by atoms with Gasteiger partial charge in [-0.05, 0) is 12.1 Å². The molecule has 0 saturated carbocycles. The lowest BCUT2D eigenvalue weighted by Gasteiger charge is -2.16. The van der Waals surface area contributed by atoms with Crippen LogP contribution in [0.5, 0.6) is 11.5 Å². The molecule has 0 fully saturated rings. The molecule has 1 amide bonds. The molecular formula is C12H15NO5. The maximum atomic E-state index is 11.9. The van der Waals surface area contributed by atoms with E-state index in [1.165, 1.54) is 31.2 Å². The number of nitrogens with zero attached hydrogens (tertiary/aromatic N) is 1. The molecule has 6 heteroatoms. The second kappa shape index (κ2) is 5.90. The van der Waals surface area contributed by atoms with E-state index in [-0.39, 0.29) is 24.3 Å². The molecule has 1 aromatic carbocycles. The highest BCUT2D eigenvalue weighted by Crippen LogP contribution is 2.24.